The maximum atomic E-state index is 12.0. The maximum Gasteiger partial charge on any atom is 0.414 e. The molecule has 0 bridgehead atoms. The highest BCUT2D eigenvalue weighted by Gasteiger charge is 2.32. The molecule has 144 valence electrons. The normalized spacial score (nSPS) is 17.8. The van der Waals surface area contributed by atoms with Crippen LogP contribution in [0, 0.1) is 0 Å². The lowest BCUT2D eigenvalue weighted by Gasteiger charge is -2.14. The van der Waals surface area contributed by atoms with Crippen LogP contribution >= 0.6 is 0 Å². The molecule has 1 fully saturated rings. The summed E-state index contributed by atoms with van der Waals surface area (Å²) >= 11 is 0. The number of nitrogens with zero attached hydrogens (tertiary/aromatic N) is 1. The molecule has 0 saturated carbocycles. The molecule has 1 N–H and O–H groups in total. The summed E-state index contributed by atoms with van der Waals surface area (Å²) in [7, 11) is 1.60. The van der Waals surface area contributed by atoms with Crippen molar-refractivity contribution >= 4 is 11.8 Å². The number of carbonyl (C=O) groups excluding carboxylic acids is 1. The van der Waals surface area contributed by atoms with Gasteiger partial charge in [0.15, 0.2) is 0 Å². The molecule has 5 heteroatoms. The van der Waals surface area contributed by atoms with E-state index in [0.717, 1.165) is 24.9 Å². The number of aliphatic hydroxyl groups is 1. The molecule has 27 heavy (non-hydrogen) atoms. The summed E-state index contributed by atoms with van der Waals surface area (Å²) < 4.78 is 10.3. The Morgan fingerprint density at radius 2 is 1.89 bits per heavy atom. The van der Waals surface area contributed by atoms with Crippen molar-refractivity contribution in [1.82, 2.24) is 0 Å². The van der Waals surface area contributed by atoms with Gasteiger partial charge in [0.05, 0.1) is 19.3 Å². The van der Waals surface area contributed by atoms with E-state index in [0.29, 0.717) is 19.6 Å². The Labute approximate surface area is 160 Å². The SMILES string of the molecule is COCC1CN(c2ccc(CCCC(O)Cc3ccccc3)cc2)C(=O)O1. The lowest BCUT2D eigenvalue weighted by molar-refractivity contribution is 0.0718. The minimum atomic E-state index is -0.325. The van der Waals surface area contributed by atoms with E-state index in [1.54, 1.807) is 12.0 Å². The summed E-state index contributed by atoms with van der Waals surface area (Å²) in [5, 5.41) is 10.2. The lowest BCUT2D eigenvalue weighted by atomic mass is 10.0. The molecule has 1 amide bonds. The Bertz CT molecular complexity index is 717. The molecular formula is C22H27NO4. The van der Waals surface area contributed by atoms with Gasteiger partial charge in [-0.05, 0) is 48.9 Å². The van der Waals surface area contributed by atoms with Gasteiger partial charge in [0.2, 0.25) is 0 Å². The topological polar surface area (TPSA) is 59.0 Å². The zero-order chi connectivity index (χ0) is 19.1. The first kappa shape index (κ1) is 19.4. The zero-order valence-electron chi connectivity index (χ0n) is 15.7. The van der Waals surface area contributed by atoms with Crippen LogP contribution in [0.5, 0.6) is 0 Å². The van der Waals surface area contributed by atoms with Gasteiger partial charge in [-0.3, -0.25) is 4.90 Å². The van der Waals surface area contributed by atoms with E-state index in [4.69, 9.17) is 9.47 Å². The molecule has 0 spiro atoms. The second kappa shape index (κ2) is 9.53. The van der Waals surface area contributed by atoms with Crippen molar-refractivity contribution in [2.24, 2.45) is 0 Å². The minimum Gasteiger partial charge on any atom is -0.441 e. The number of benzene rings is 2. The average Bonchev–Trinajstić information content (AvgIpc) is 3.04. The lowest BCUT2D eigenvalue weighted by Crippen LogP contribution is -2.25. The Morgan fingerprint density at radius 3 is 2.59 bits per heavy atom. The number of carbonyl (C=O) groups is 1. The van der Waals surface area contributed by atoms with E-state index >= 15 is 0 Å². The van der Waals surface area contributed by atoms with Gasteiger partial charge in [-0.15, -0.1) is 0 Å². The number of anilines is 1. The molecule has 1 saturated heterocycles. The molecule has 1 heterocycles. The minimum absolute atomic E-state index is 0.215. The fourth-order valence-corrected chi connectivity index (χ4v) is 3.38. The molecule has 2 aromatic rings. The number of hydrogen-bond acceptors (Lipinski definition) is 4. The van der Waals surface area contributed by atoms with Crippen LogP contribution in [-0.2, 0) is 22.3 Å². The van der Waals surface area contributed by atoms with E-state index in [1.165, 1.54) is 11.1 Å². The summed E-state index contributed by atoms with van der Waals surface area (Å²) in [6, 6.07) is 18.0. The Hall–Kier alpha value is -2.37. The van der Waals surface area contributed by atoms with Gasteiger partial charge in [-0.25, -0.2) is 4.79 Å². The fourth-order valence-electron chi connectivity index (χ4n) is 3.38. The highest BCUT2D eigenvalue weighted by molar-refractivity contribution is 5.89. The van der Waals surface area contributed by atoms with Gasteiger partial charge in [0.1, 0.15) is 6.10 Å². The quantitative estimate of drug-likeness (QED) is 0.734. The van der Waals surface area contributed by atoms with Crippen molar-refractivity contribution in [1.29, 1.82) is 0 Å². The van der Waals surface area contributed by atoms with Crippen LogP contribution < -0.4 is 4.90 Å². The van der Waals surface area contributed by atoms with Crippen molar-refractivity contribution < 1.29 is 19.4 Å². The summed E-state index contributed by atoms with van der Waals surface area (Å²) in [5.74, 6) is 0. The predicted molar refractivity (Wildman–Crippen MR) is 105 cm³/mol. The standard InChI is InChI=1S/C22H27NO4/c1-26-16-21-15-23(22(25)27-21)19-12-10-17(11-13-19)8-5-9-20(24)14-18-6-3-2-4-7-18/h2-4,6-7,10-13,20-21,24H,5,8-9,14-16H2,1H3. The Kier molecular flexibility index (Phi) is 6.85. The van der Waals surface area contributed by atoms with Crippen molar-refractivity contribution in [3.05, 3.63) is 65.7 Å². The summed E-state index contributed by atoms with van der Waals surface area (Å²) in [6.07, 6.45) is 2.44. The molecule has 1 aliphatic heterocycles. The molecule has 0 aliphatic carbocycles. The van der Waals surface area contributed by atoms with E-state index in [2.05, 4.69) is 0 Å². The van der Waals surface area contributed by atoms with Crippen LogP contribution in [0.1, 0.15) is 24.0 Å². The van der Waals surface area contributed by atoms with Crippen LogP contribution in [0.25, 0.3) is 0 Å². The Morgan fingerprint density at radius 1 is 1.15 bits per heavy atom. The van der Waals surface area contributed by atoms with Crippen molar-refractivity contribution in [2.45, 2.75) is 37.9 Å². The highest BCUT2D eigenvalue weighted by Crippen LogP contribution is 2.23. The first-order valence-corrected chi connectivity index (χ1v) is 9.43. The summed E-state index contributed by atoms with van der Waals surface area (Å²) in [4.78, 5) is 13.6. The number of rotatable bonds is 9. The van der Waals surface area contributed by atoms with Crippen LogP contribution in [0.3, 0.4) is 0 Å². The van der Waals surface area contributed by atoms with Crippen LogP contribution in [-0.4, -0.2) is 43.7 Å². The van der Waals surface area contributed by atoms with E-state index in [9.17, 15) is 9.90 Å². The fraction of sp³-hybridized carbons (Fsp3) is 0.409. The number of hydrogen-bond donors (Lipinski definition) is 1. The van der Waals surface area contributed by atoms with Crippen LogP contribution in [0.4, 0.5) is 10.5 Å². The monoisotopic (exact) mass is 369 g/mol. The molecular weight excluding hydrogens is 342 g/mol. The van der Waals surface area contributed by atoms with Gasteiger partial charge in [-0.2, -0.15) is 0 Å². The number of ether oxygens (including phenoxy) is 2. The number of aliphatic hydroxyl groups excluding tert-OH is 1. The van der Waals surface area contributed by atoms with Gasteiger partial charge in [0, 0.05) is 12.8 Å². The first-order valence-electron chi connectivity index (χ1n) is 9.43. The molecule has 5 nitrogen and oxygen atoms in total. The second-order valence-electron chi connectivity index (χ2n) is 6.97. The second-order valence-corrected chi connectivity index (χ2v) is 6.97. The van der Waals surface area contributed by atoms with Crippen LogP contribution in [0.15, 0.2) is 54.6 Å². The van der Waals surface area contributed by atoms with Crippen molar-refractivity contribution in [2.75, 3.05) is 25.2 Å². The molecule has 3 rings (SSSR count). The first-order chi connectivity index (χ1) is 13.2. The molecule has 0 aromatic heterocycles. The molecule has 1 aliphatic rings. The van der Waals surface area contributed by atoms with Gasteiger partial charge >= 0.3 is 6.09 Å². The van der Waals surface area contributed by atoms with Gasteiger partial charge in [0.25, 0.3) is 0 Å². The third kappa shape index (κ3) is 5.55. The summed E-state index contributed by atoms with van der Waals surface area (Å²) in [5.41, 5.74) is 3.21. The highest BCUT2D eigenvalue weighted by atomic mass is 16.6. The van der Waals surface area contributed by atoms with Gasteiger partial charge in [-0.1, -0.05) is 42.5 Å². The van der Waals surface area contributed by atoms with E-state index < -0.39 is 0 Å². The third-order valence-electron chi connectivity index (χ3n) is 4.79. The average molecular weight is 369 g/mol. The smallest absolute Gasteiger partial charge is 0.414 e. The molecule has 2 atom stereocenters. The number of cyclic esters (lactones) is 1. The van der Waals surface area contributed by atoms with Gasteiger partial charge < -0.3 is 14.6 Å². The van der Waals surface area contributed by atoms with E-state index in [1.807, 2.05) is 54.6 Å². The largest absolute Gasteiger partial charge is 0.441 e. The predicted octanol–water partition coefficient (Wildman–Crippen LogP) is 3.58. The molecule has 2 unspecified atom stereocenters. The third-order valence-corrected chi connectivity index (χ3v) is 4.79. The number of amides is 1. The molecule has 2 aromatic carbocycles. The maximum absolute atomic E-state index is 12.0. The van der Waals surface area contributed by atoms with E-state index in [-0.39, 0.29) is 18.3 Å². The zero-order valence-corrected chi connectivity index (χ0v) is 15.7. The van der Waals surface area contributed by atoms with Crippen molar-refractivity contribution in [3.8, 4) is 0 Å². The van der Waals surface area contributed by atoms with Crippen molar-refractivity contribution in [3.63, 3.8) is 0 Å². The number of aryl methyl sites for hydroxylation is 1. The Balaban J connectivity index is 1.45. The summed E-state index contributed by atoms with van der Waals surface area (Å²) in [6.45, 7) is 0.920. The van der Waals surface area contributed by atoms with Crippen LogP contribution in [0.2, 0.25) is 0 Å². The number of methoxy groups -OCH3 is 1. The molecule has 0 radical (unpaired) electrons.